The molecule has 1 aliphatic carbocycles. The van der Waals surface area contributed by atoms with Gasteiger partial charge in [-0.1, -0.05) is 53.5 Å². The fourth-order valence-electron chi connectivity index (χ4n) is 5.52. The minimum absolute atomic E-state index is 0.0454. The molecule has 0 saturated heterocycles. The fourth-order valence-corrected chi connectivity index (χ4v) is 6.01. The lowest BCUT2D eigenvalue weighted by molar-refractivity contribution is -0.140. The molecular formula is C33H29Cl2N3O5. The Bertz CT molecular complexity index is 1700. The highest BCUT2D eigenvalue weighted by molar-refractivity contribution is 6.34. The molecule has 4 aromatic rings. The van der Waals surface area contributed by atoms with E-state index in [1.54, 1.807) is 30.5 Å². The molecule has 0 radical (unpaired) electrons. The van der Waals surface area contributed by atoms with Gasteiger partial charge in [0.15, 0.2) is 0 Å². The second-order valence-corrected chi connectivity index (χ2v) is 11.2. The van der Waals surface area contributed by atoms with Gasteiger partial charge in [-0.05, 0) is 71.7 Å². The number of pyridine rings is 1. The van der Waals surface area contributed by atoms with Crippen molar-refractivity contribution in [2.24, 2.45) is 0 Å². The number of aromatic hydroxyl groups is 1. The summed E-state index contributed by atoms with van der Waals surface area (Å²) in [7, 11) is 0. The molecule has 8 nitrogen and oxygen atoms in total. The zero-order chi connectivity index (χ0) is 30.5. The summed E-state index contributed by atoms with van der Waals surface area (Å²) in [4.78, 5) is 15.5. The minimum Gasteiger partial charge on any atom is -0.506 e. The van der Waals surface area contributed by atoms with Crippen molar-refractivity contribution in [3.8, 4) is 28.7 Å². The topological polar surface area (TPSA) is 136 Å². The maximum atomic E-state index is 11.4. The van der Waals surface area contributed by atoms with Crippen molar-refractivity contribution in [1.29, 1.82) is 5.26 Å². The number of aliphatic hydroxyl groups is 1. The lowest BCUT2D eigenvalue weighted by atomic mass is 9.90. The first-order valence-electron chi connectivity index (χ1n) is 13.7. The number of hydrogen-bond donors (Lipinski definition) is 4. The van der Waals surface area contributed by atoms with Crippen LogP contribution < -0.4 is 10.1 Å². The molecule has 3 aromatic carbocycles. The van der Waals surface area contributed by atoms with Crippen LogP contribution in [0.2, 0.25) is 10.0 Å². The summed E-state index contributed by atoms with van der Waals surface area (Å²) in [6, 6.07) is 17.7. The van der Waals surface area contributed by atoms with Crippen LogP contribution >= 0.6 is 23.2 Å². The average molecular weight is 619 g/mol. The number of halogens is 2. The number of aromatic nitrogens is 1. The molecule has 43 heavy (non-hydrogen) atoms. The number of ether oxygens (including phenoxy) is 1. The van der Waals surface area contributed by atoms with Gasteiger partial charge in [0.1, 0.15) is 30.2 Å². The van der Waals surface area contributed by atoms with Crippen LogP contribution in [0.5, 0.6) is 11.5 Å². The zero-order valence-corrected chi connectivity index (χ0v) is 24.6. The summed E-state index contributed by atoms with van der Waals surface area (Å²) in [5.74, 6) is -0.431. The molecule has 0 spiro atoms. The van der Waals surface area contributed by atoms with Gasteiger partial charge in [0.05, 0.1) is 17.2 Å². The predicted molar refractivity (Wildman–Crippen MR) is 163 cm³/mol. The molecular weight excluding hydrogens is 589 g/mol. The van der Waals surface area contributed by atoms with Crippen LogP contribution in [-0.2, 0) is 30.8 Å². The van der Waals surface area contributed by atoms with E-state index in [4.69, 9.17) is 27.9 Å². The first kappa shape index (κ1) is 30.3. The quantitative estimate of drug-likeness (QED) is 0.160. The highest BCUT2D eigenvalue weighted by atomic mass is 35.5. The van der Waals surface area contributed by atoms with Crippen LogP contribution in [0.3, 0.4) is 0 Å². The van der Waals surface area contributed by atoms with E-state index in [1.807, 2.05) is 24.3 Å². The number of aliphatic hydroxyl groups excluding tert-OH is 1. The number of nitriles is 1. The van der Waals surface area contributed by atoms with Gasteiger partial charge in [0.25, 0.3) is 0 Å². The zero-order valence-electron chi connectivity index (χ0n) is 23.1. The molecule has 0 saturated carbocycles. The maximum absolute atomic E-state index is 11.4. The largest absolute Gasteiger partial charge is 0.506 e. The van der Waals surface area contributed by atoms with E-state index < -0.39 is 18.6 Å². The Labute approximate surface area is 259 Å². The maximum Gasteiger partial charge on any atom is 0.323 e. The fraction of sp³-hybridized carbons (Fsp3) is 0.242. The normalized spacial score (nSPS) is 14.6. The Morgan fingerprint density at radius 3 is 2.67 bits per heavy atom. The van der Waals surface area contributed by atoms with E-state index in [1.165, 1.54) is 17.3 Å². The summed E-state index contributed by atoms with van der Waals surface area (Å²) < 4.78 is 6.18. The minimum atomic E-state index is -1.17. The molecule has 220 valence electrons. The average Bonchev–Trinajstić information content (AvgIpc) is 3.42. The predicted octanol–water partition coefficient (Wildman–Crippen LogP) is 6.02. The van der Waals surface area contributed by atoms with Crippen LogP contribution in [0.15, 0.2) is 67.0 Å². The van der Waals surface area contributed by atoms with E-state index in [2.05, 4.69) is 22.4 Å². The number of phenols is 1. The summed E-state index contributed by atoms with van der Waals surface area (Å²) in [5, 5.41) is 41.9. The van der Waals surface area contributed by atoms with Crippen molar-refractivity contribution in [3.05, 3.63) is 110 Å². The molecule has 1 aliphatic rings. The Morgan fingerprint density at radius 1 is 1.12 bits per heavy atom. The Balaban J connectivity index is 1.44. The molecule has 0 bridgehead atoms. The van der Waals surface area contributed by atoms with Gasteiger partial charge in [0, 0.05) is 40.7 Å². The standard InChI is InChI=1S/C33H29Cl2N3O5/c34-28-11-23(16-38-29(17-39)33(41)42)31(43-18-20-9-19(13-36)14-37-15-20)12-22(28)10-21-7-8-26-24(21)3-1-4-25(26)27-5-2-6-30(40)32(27)35/h1-6,9,11-12,14-15,21,29,38-40H,7-8,10,16-18H2,(H,41,42)/t21-,29?/m1/s1. The van der Waals surface area contributed by atoms with E-state index >= 15 is 0 Å². The number of aliphatic carboxylic acids is 1. The summed E-state index contributed by atoms with van der Waals surface area (Å²) in [6.45, 7) is -0.330. The first-order valence-corrected chi connectivity index (χ1v) is 14.5. The number of carboxylic acids is 1. The number of rotatable bonds is 11. The number of carbonyl (C=O) groups is 1. The van der Waals surface area contributed by atoms with Crippen LogP contribution in [0, 0.1) is 11.3 Å². The van der Waals surface area contributed by atoms with Gasteiger partial charge in [-0.15, -0.1) is 0 Å². The number of benzene rings is 3. The highest BCUT2D eigenvalue weighted by Gasteiger charge is 2.27. The van der Waals surface area contributed by atoms with E-state index in [-0.39, 0.29) is 24.8 Å². The van der Waals surface area contributed by atoms with Crippen LogP contribution in [-0.4, -0.2) is 38.9 Å². The van der Waals surface area contributed by atoms with Gasteiger partial charge in [-0.2, -0.15) is 5.26 Å². The van der Waals surface area contributed by atoms with Crippen LogP contribution in [0.4, 0.5) is 0 Å². The summed E-state index contributed by atoms with van der Waals surface area (Å²) >= 11 is 13.3. The smallest absolute Gasteiger partial charge is 0.323 e. The van der Waals surface area contributed by atoms with Crippen molar-refractivity contribution in [2.75, 3.05) is 6.61 Å². The lowest BCUT2D eigenvalue weighted by Gasteiger charge is -2.19. The molecule has 1 aromatic heterocycles. The monoisotopic (exact) mass is 617 g/mol. The number of nitrogens with one attached hydrogen (secondary N) is 1. The molecule has 0 aliphatic heterocycles. The van der Waals surface area contributed by atoms with E-state index in [0.717, 1.165) is 29.5 Å². The van der Waals surface area contributed by atoms with Crippen molar-refractivity contribution >= 4 is 29.2 Å². The van der Waals surface area contributed by atoms with Gasteiger partial charge in [0.2, 0.25) is 0 Å². The Morgan fingerprint density at radius 2 is 1.91 bits per heavy atom. The molecule has 2 atom stereocenters. The molecule has 4 N–H and O–H groups in total. The summed E-state index contributed by atoms with van der Waals surface area (Å²) in [6.07, 6.45) is 5.49. The number of nitrogens with zero attached hydrogens (tertiary/aromatic N) is 2. The Hall–Kier alpha value is -4.13. The Kier molecular flexibility index (Phi) is 9.49. The number of phenolic OH excluding ortho intramolecular Hbond substituents is 1. The second kappa shape index (κ2) is 13.4. The third kappa shape index (κ3) is 6.76. The van der Waals surface area contributed by atoms with Gasteiger partial charge in [-0.25, -0.2) is 0 Å². The number of carboxylic acid groups (broad SMARTS) is 1. The van der Waals surface area contributed by atoms with E-state index in [0.29, 0.717) is 38.9 Å². The van der Waals surface area contributed by atoms with Gasteiger partial charge in [-0.3, -0.25) is 15.1 Å². The lowest BCUT2D eigenvalue weighted by Crippen LogP contribution is -2.39. The third-order valence-corrected chi connectivity index (χ3v) is 8.45. The SMILES string of the molecule is N#Cc1cncc(COc2cc(C[C@H]3CCc4c(-c5cccc(O)c5Cl)cccc43)c(Cl)cc2CNC(CO)C(=O)O)c1. The van der Waals surface area contributed by atoms with Crippen LogP contribution in [0.25, 0.3) is 11.1 Å². The van der Waals surface area contributed by atoms with Crippen molar-refractivity contribution in [3.63, 3.8) is 0 Å². The summed E-state index contributed by atoms with van der Waals surface area (Å²) in [5.41, 5.74) is 6.82. The van der Waals surface area contributed by atoms with Gasteiger partial charge >= 0.3 is 5.97 Å². The molecule has 10 heteroatoms. The molecule has 0 amide bonds. The molecule has 1 heterocycles. The molecule has 0 fully saturated rings. The number of hydrogen-bond acceptors (Lipinski definition) is 7. The second-order valence-electron chi connectivity index (χ2n) is 10.4. The highest BCUT2D eigenvalue weighted by Crippen LogP contribution is 2.44. The van der Waals surface area contributed by atoms with Crippen molar-refractivity contribution in [2.45, 2.75) is 44.4 Å². The third-order valence-electron chi connectivity index (χ3n) is 7.70. The van der Waals surface area contributed by atoms with E-state index in [9.17, 15) is 25.4 Å². The van der Waals surface area contributed by atoms with Crippen LogP contribution in [0.1, 0.15) is 45.7 Å². The van der Waals surface area contributed by atoms with Crippen molar-refractivity contribution < 1.29 is 24.9 Å². The molecule has 1 unspecified atom stereocenters. The first-order chi connectivity index (χ1) is 20.8. The molecule has 5 rings (SSSR count). The number of fused-ring (bicyclic) bond motifs is 1. The van der Waals surface area contributed by atoms with Crippen molar-refractivity contribution in [1.82, 2.24) is 10.3 Å². The van der Waals surface area contributed by atoms with Gasteiger partial charge < -0.3 is 20.1 Å².